The molecule has 0 aromatic carbocycles. The van der Waals surface area contributed by atoms with Crippen LogP contribution in [0.5, 0.6) is 0 Å². The molecule has 0 aliphatic heterocycles. The summed E-state index contributed by atoms with van der Waals surface area (Å²) in [5.41, 5.74) is 2.88. The summed E-state index contributed by atoms with van der Waals surface area (Å²) in [6.07, 6.45) is 1.84. The molecule has 0 N–H and O–H groups in total. The Balaban J connectivity index is 2.02. The Kier molecular flexibility index (Phi) is 6.28. The van der Waals surface area contributed by atoms with Gasteiger partial charge in [-0.05, 0) is 25.7 Å². The largest absolute Gasteiger partial charge is 0.345 e. The third-order valence-corrected chi connectivity index (χ3v) is 6.24. The van der Waals surface area contributed by atoms with Gasteiger partial charge in [0.25, 0.3) is 0 Å². The number of hydrogen-bond acceptors (Lipinski definition) is 6. The summed E-state index contributed by atoms with van der Waals surface area (Å²) in [6.45, 7) is 10.6. The second-order valence-corrected chi connectivity index (χ2v) is 8.37. The van der Waals surface area contributed by atoms with Gasteiger partial charge in [-0.25, -0.2) is 0 Å². The quantitative estimate of drug-likeness (QED) is 0.404. The molecular weight excluding hydrogens is 334 g/mol. The fourth-order valence-corrected chi connectivity index (χ4v) is 4.94. The molecule has 0 radical (unpaired) electrons. The molecule has 0 atom stereocenters. The summed E-state index contributed by atoms with van der Waals surface area (Å²) in [7, 11) is 0. The maximum atomic E-state index is 12.4. The van der Waals surface area contributed by atoms with Gasteiger partial charge in [0.15, 0.2) is 14.5 Å². The van der Waals surface area contributed by atoms with Crippen molar-refractivity contribution in [1.29, 1.82) is 0 Å². The standard InChI is InChI=1S/C15H19N3OS3/c1-5-7-18-10(3)8-12(11(18)4)13(19)9-21-15-17-16-14(22-15)20-6-2/h5,8H,1,6-7,9H2,2-4H3. The van der Waals surface area contributed by atoms with E-state index in [0.717, 1.165) is 37.9 Å². The van der Waals surface area contributed by atoms with Crippen LogP contribution >= 0.6 is 34.9 Å². The first-order valence-electron chi connectivity index (χ1n) is 6.96. The normalized spacial score (nSPS) is 10.9. The number of aromatic nitrogens is 3. The van der Waals surface area contributed by atoms with Crippen LogP contribution in [0.1, 0.15) is 28.7 Å². The molecule has 2 heterocycles. The van der Waals surface area contributed by atoms with Crippen molar-refractivity contribution in [3.05, 3.63) is 35.7 Å². The number of Topliss-reactive ketones (excluding diaryl/α,β-unsaturated/α-hetero) is 1. The first kappa shape index (κ1) is 17.3. The van der Waals surface area contributed by atoms with Crippen LogP contribution in [-0.2, 0) is 6.54 Å². The van der Waals surface area contributed by atoms with E-state index in [0.29, 0.717) is 5.75 Å². The molecule has 0 aliphatic carbocycles. The highest BCUT2D eigenvalue weighted by atomic mass is 32.2. The minimum Gasteiger partial charge on any atom is -0.345 e. The lowest BCUT2D eigenvalue weighted by Gasteiger charge is -2.05. The fraction of sp³-hybridized carbons (Fsp3) is 0.400. The molecule has 0 aliphatic rings. The van der Waals surface area contributed by atoms with Crippen molar-refractivity contribution < 1.29 is 4.79 Å². The van der Waals surface area contributed by atoms with Gasteiger partial charge in [-0.2, -0.15) is 0 Å². The third kappa shape index (κ3) is 4.02. The van der Waals surface area contributed by atoms with E-state index in [1.807, 2.05) is 26.0 Å². The van der Waals surface area contributed by atoms with Crippen LogP contribution in [0.4, 0.5) is 0 Å². The van der Waals surface area contributed by atoms with Crippen LogP contribution in [0, 0.1) is 13.8 Å². The molecule has 22 heavy (non-hydrogen) atoms. The van der Waals surface area contributed by atoms with Gasteiger partial charge in [-0.1, -0.05) is 47.9 Å². The zero-order chi connectivity index (χ0) is 16.1. The number of nitrogens with zero attached hydrogens (tertiary/aromatic N) is 3. The van der Waals surface area contributed by atoms with E-state index in [9.17, 15) is 4.79 Å². The van der Waals surface area contributed by atoms with E-state index in [1.54, 1.807) is 23.1 Å². The van der Waals surface area contributed by atoms with Crippen molar-refractivity contribution in [3.8, 4) is 0 Å². The molecule has 0 unspecified atom stereocenters. The maximum absolute atomic E-state index is 12.4. The van der Waals surface area contributed by atoms with E-state index in [2.05, 4.69) is 28.3 Å². The monoisotopic (exact) mass is 353 g/mol. The van der Waals surface area contributed by atoms with E-state index >= 15 is 0 Å². The predicted octanol–water partition coefficient (Wildman–Crippen LogP) is 4.23. The maximum Gasteiger partial charge on any atom is 0.175 e. The van der Waals surface area contributed by atoms with Crippen LogP contribution in [-0.4, -0.2) is 32.1 Å². The molecular formula is C15H19N3OS3. The molecule has 7 heteroatoms. The van der Waals surface area contributed by atoms with Crippen LogP contribution in [0.25, 0.3) is 0 Å². The average molecular weight is 354 g/mol. The summed E-state index contributed by atoms with van der Waals surface area (Å²) >= 11 is 4.68. The van der Waals surface area contributed by atoms with Crippen molar-refractivity contribution in [3.63, 3.8) is 0 Å². The zero-order valence-corrected chi connectivity index (χ0v) is 15.4. The lowest BCUT2D eigenvalue weighted by Crippen LogP contribution is -2.06. The molecule has 0 bridgehead atoms. The second kappa shape index (κ2) is 7.99. The topological polar surface area (TPSA) is 47.8 Å². The molecule has 0 fully saturated rings. The number of allylic oxidation sites excluding steroid dienone is 1. The highest BCUT2D eigenvalue weighted by Crippen LogP contribution is 2.29. The van der Waals surface area contributed by atoms with Crippen LogP contribution in [0.15, 0.2) is 27.4 Å². The van der Waals surface area contributed by atoms with E-state index in [-0.39, 0.29) is 5.78 Å². The summed E-state index contributed by atoms with van der Waals surface area (Å²) in [5, 5.41) is 8.22. The minimum absolute atomic E-state index is 0.133. The molecule has 0 spiro atoms. The third-order valence-electron chi connectivity index (χ3n) is 3.17. The Morgan fingerprint density at radius 2 is 2.05 bits per heavy atom. The van der Waals surface area contributed by atoms with Crippen LogP contribution in [0.3, 0.4) is 0 Å². The van der Waals surface area contributed by atoms with Crippen molar-refractivity contribution in [1.82, 2.24) is 14.8 Å². The summed E-state index contributed by atoms with van der Waals surface area (Å²) in [5.74, 6) is 1.51. The molecule has 118 valence electrons. The van der Waals surface area contributed by atoms with Gasteiger partial charge in [0.05, 0.1) is 5.75 Å². The fourth-order valence-electron chi connectivity index (χ4n) is 2.14. The van der Waals surface area contributed by atoms with E-state index in [4.69, 9.17) is 0 Å². The van der Waals surface area contributed by atoms with Gasteiger partial charge in [0.2, 0.25) is 0 Å². The summed E-state index contributed by atoms with van der Waals surface area (Å²) in [4.78, 5) is 12.4. The molecule has 2 rings (SSSR count). The van der Waals surface area contributed by atoms with E-state index < -0.39 is 0 Å². The Morgan fingerprint density at radius 3 is 2.68 bits per heavy atom. The van der Waals surface area contributed by atoms with Crippen molar-refractivity contribution in [2.24, 2.45) is 0 Å². The summed E-state index contributed by atoms with van der Waals surface area (Å²) < 4.78 is 3.91. The van der Waals surface area contributed by atoms with E-state index in [1.165, 1.54) is 11.8 Å². The lowest BCUT2D eigenvalue weighted by atomic mass is 10.2. The molecule has 0 saturated carbocycles. The highest BCUT2D eigenvalue weighted by Gasteiger charge is 2.16. The number of carbonyl (C=O) groups is 1. The van der Waals surface area contributed by atoms with Crippen molar-refractivity contribution >= 4 is 40.6 Å². The van der Waals surface area contributed by atoms with Gasteiger partial charge in [-0.15, -0.1) is 16.8 Å². The minimum atomic E-state index is 0.133. The van der Waals surface area contributed by atoms with Gasteiger partial charge in [-0.3, -0.25) is 4.79 Å². The summed E-state index contributed by atoms with van der Waals surface area (Å²) in [6, 6.07) is 1.96. The Bertz CT molecular complexity index is 676. The van der Waals surface area contributed by atoms with Crippen LogP contribution < -0.4 is 0 Å². The highest BCUT2D eigenvalue weighted by molar-refractivity contribution is 8.03. The molecule has 0 amide bonds. The lowest BCUT2D eigenvalue weighted by molar-refractivity contribution is 0.102. The van der Waals surface area contributed by atoms with Gasteiger partial charge in [0, 0.05) is 23.5 Å². The smallest absolute Gasteiger partial charge is 0.175 e. The van der Waals surface area contributed by atoms with Crippen LogP contribution in [0.2, 0.25) is 0 Å². The zero-order valence-electron chi connectivity index (χ0n) is 13.0. The molecule has 4 nitrogen and oxygen atoms in total. The van der Waals surface area contributed by atoms with Crippen molar-refractivity contribution in [2.75, 3.05) is 11.5 Å². The number of hydrogen-bond donors (Lipinski definition) is 0. The Labute approximate surface area is 143 Å². The number of rotatable bonds is 8. The van der Waals surface area contributed by atoms with Crippen molar-refractivity contribution in [2.45, 2.75) is 36.0 Å². The molecule has 0 saturated heterocycles. The SMILES string of the molecule is C=CCn1c(C)cc(C(=O)CSc2nnc(SCC)s2)c1C. The molecule has 2 aromatic rings. The first-order chi connectivity index (χ1) is 10.6. The average Bonchev–Trinajstić information content (AvgIpc) is 3.05. The predicted molar refractivity (Wildman–Crippen MR) is 95.5 cm³/mol. The number of carbonyl (C=O) groups excluding carboxylic acids is 1. The number of aryl methyl sites for hydroxylation is 1. The number of thioether (sulfide) groups is 2. The molecule has 2 aromatic heterocycles. The van der Waals surface area contributed by atoms with Gasteiger partial charge in [0.1, 0.15) is 0 Å². The van der Waals surface area contributed by atoms with Gasteiger partial charge < -0.3 is 4.57 Å². The van der Waals surface area contributed by atoms with Gasteiger partial charge >= 0.3 is 0 Å². The second-order valence-electron chi connectivity index (χ2n) is 4.66. The first-order valence-corrected chi connectivity index (χ1v) is 9.75. The number of ketones is 1. The Morgan fingerprint density at radius 1 is 1.36 bits per heavy atom. The Hall–Kier alpha value is -1.05.